The van der Waals surface area contributed by atoms with Gasteiger partial charge in [0.15, 0.2) is 0 Å². The highest BCUT2D eigenvalue weighted by Crippen LogP contribution is 2.17. The Hall–Kier alpha value is -2.28. The molecule has 0 bridgehead atoms. The van der Waals surface area contributed by atoms with Gasteiger partial charge in [0.05, 0.1) is 17.4 Å². The molecule has 0 aliphatic heterocycles. The Kier molecular flexibility index (Phi) is 3.10. The lowest BCUT2D eigenvalue weighted by Gasteiger charge is -2.08. The second-order valence-corrected chi connectivity index (χ2v) is 4.03. The number of hydrogen-bond acceptors (Lipinski definition) is 3. The van der Waals surface area contributed by atoms with Crippen LogP contribution in [0.1, 0.15) is 22.4 Å². The van der Waals surface area contributed by atoms with Crippen molar-refractivity contribution in [1.82, 2.24) is 10.2 Å². The summed E-state index contributed by atoms with van der Waals surface area (Å²) < 4.78 is 0. The maximum absolute atomic E-state index is 9.05. The molecule has 0 unspecified atom stereocenters. The van der Waals surface area contributed by atoms with Gasteiger partial charge in [-0.15, -0.1) is 0 Å². The lowest BCUT2D eigenvalue weighted by Crippen LogP contribution is -2.01. The molecule has 0 saturated heterocycles. The predicted octanol–water partition coefficient (Wildman–Crippen LogP) is 2.51. The van der Waals surface area contributed by atoms with Crippen molar-refractivity contribution in [2.45, 2.75) is 20.4 Å². The van der Waals surface area contributed by atoms with Crippen LogP contribution >= 0.6 is 0 Å². The summed E-state index contributed by atoms with van der Waals surface area (Å²) in [5.41, 5.74) is 4.77. The van der Waals surface area contributed by atoms with E-state index in [0.717, 1.165) is 22.5 Å². The topological polar surface area (TPSA) is 64.5 Å². The van der Waals surface area contributed by atoms with E-state index in [2.05, 4.69) is 21.6 Å². The van der Waals surface area contributed by atoms with Crippen molar-refractivity contribution in [1.29, 1.82) is 5.26 Å². The number of aromatic nitrogens is 2. The molecule has 1 aromatic carbocycles. The monoisotopic (exact) mass is 226 g/mol. The number of anilines is 1. The summed E-state index contributed by atoms with van der Waals surface area (Å²) in [6.07, 6.45) is 1.79. The van der Waals surface area contributed by atoms with Gasteiger partial charge in [0.1, 0.15) is 6.07 Å². The van der Waals surface area contributed by atoms with E-state index in [1.54, 1.807) is 6.20 Å². The third-order valence-electron chi connectivity index (χ3n) is 2.70. The van der Waals surface area contributed by atoms with Gasteiger partial charge in [-0.1, -0.05) is 6.07 Å². The molecule has 86 valence electrons. The fraction of sp³-hybridized carbons (Fsp3) is 0.231. The molecule has 1 aromatic heterocycles. The van der Waals surface area contributed by atoms with Crippen molar-refractivity contribution in [2.24, 2.45) is 0 Å². The van der Waals surface area contributed by atoms with E-state index in [0.29, 0.717) is 12.1 Å². The molecule has 0 radical (unpaired) electrons. The van der Waals surface area contributed by atoms with Crippen LogP contribution in [-0.4, -0.2) is 10.2 Å². The highest BCUT2D eigenvalue weighted by atomic mass is 15.1. The molecule has 2 rings (SSSR count). The quantitative estimate of drug-likeness (QED) is 0.845. The maximum atomic E-state index is 9.05. The van der Waals surface area contributed by atoms with E-state index < -0.39 is 0 Å². The minimum atomic E-state index is 0.667. The Morgan fingerprint density at radius 1 is 1.41 bits per heavy atom. The first kappa shape index (κ1) is 11.2. The molecule has 0 saturated carbocycles. The number of rotatable bonds is 3. The zero-order valence-electron chi connectivity index (χ0n) is 9.91. The zero-order chi connectivity index (χ0) is 12.3. The smallest absolute Gasteiger partial charge is 0.101 e. The van der Waals surface area contributed by atoms with Crippen LogP contribution < -0.4 is 5.32 Å². The van der Waals surface area contributed by atoms with Gasteiger partial charge in [-0.25, -0.2) is 0 Å². The Balaban J connectivity index is 2.15. The number of aryl methyl sites for hydroxylation is 2. The number of hydrogen-bond donors (Lipinski definition) is 2. The van der Waals surface area contributed by atoms with E-state index in [4.69, 9.17) is 5.26 Å². The van der Waals surface area contributed by atoms with Gasteiger partial charge in [-0.3, -0.25) is 5.10 Å². The molecule has 4 heteroatoms. The van der Waals surface area contributed by atoms with Crippen LogP contribution in [0.4, 0.5) is 5.69 Å². The third-order valence-corrected chi connectivity index (χ3v) is 2.70. The van der Waals surface area contributed by atoms with E-state index in [9.17, 15) is 0 Å². The molecule has 0 fully saturated rings. The van der Waals surface area contributed by atoms with Gasteiger partial charge in [0.25, 0.3) is 0 Å². The van der Waals surface area contributed by atoms with Crippen LogP contribution in [0.25, 0.3) is 0 Å². The number of benzene rings is 1. The molecule has 2 N–H and O–H groups in total. The van der Waals surface area contributed by atoms with E-state index in [-0.39, 0.29) is 0 Å². The Morgan fingerprint density at radius 2 is 2.24 bits per heavy atom. The number of H-pyrrole nitrogens is 1. The zero-order valence-corrected chi connectivity index (χ0v) is 9.91. The molecule has 4 nitrogen and oxygen atoms in total. The predicted molar refractivity (Wildman–Crippen MR) is 66.5 cm³/mol. The number of nitriles is 1. The molecule has 0 amide bonds. The first-order valence-corrected chi connectivity index (χ1v) is 5.44. The summed E-state index contributed by atoms with van der Waals surface area (Å²) in [6.45, 7) is 4.62. The van der Waals surface area contributed by atoms with Gasteiger partial charge in [-0.05, 0) is 31.5 Å². The van der Waals surface area contributed by atoms with Gasteiger partial charge in [0, 0.05) is 17.8 Å². The highest BCUT2D eigenvalue weighted by Gasteiger charge is 2.04. The average Bonchev–Trinajstić information content (AvgIpc) is 2.73. The third kappa shape index (κ3) is 2.45. The van der Waals surface area contributed by atoms with Crippen molar-refractivity contribution in [3.63, 3.8) is 0 Å². The lowest BCUT2D eigenvalue weighted by molar-refractivity contribution is 1.04. The number of nitrogens with one attached hydrogen (secondary N) is 2. The summed E-state index contributed by atoms with van der Waals surface area (Å²) in [6, 6.07) is 8.00. The molecule has 0 aliphatic rings. The summed E-state index contributed by atoms with van der Waals surface area (Å²) >= 11 is 0. The van der Waals surface area contributed by atoms with Crippen LogP contribution in [0.3, 0.4) is 0 Å². The van der Waals surface area contributed by atoms with E-state index >= 15 is 0 Å². The highest BCUT2D eigenvalue weighted by molar-refractivity contribution is 5.58. The molecule has 0 atom stereocenters. The van der Waals surface area contributed by atoms with Crippen molar-refractivity contribution in [2.75, 3.05) is 5.32 Å². The minimum Gasteiger partial charge on any atom is -0.380 e. The van der Waals surface area contributed by atoms with Crippen molar-refractivity contribution < 1.29 is 0 Å². The molecule has 1 heterocycles. The van der Waals surface area contributed by atoms with Crippen LogP contribution in [0, 0.1) is 25.2 Å². The second kappa shape index (κ2) is 4.71. The van der Waals surface area contributed by atoms with Gasteiger partial charge in [-0.2, -0.15) is 10.4 Å². The summed E-state index contributed by atoms with van der Waals surface area (Å²) in [4.78, 5) is 0. The Morgan fingerprint density at radius 3 is 2.88 bits per heavy atom. The van der Waals surface area contributed by atoms with Crippen LogP contribution in [-0.2, 0) is 6.54 Å². The molecule has 2 aromatic rings. The Labute approximate surface area is 100 Å². The van der Waals surface area contributed by atoms with Gasteiger partial charge < -0.3 is 5.32 Å². The van der Waals surface area contributed by atoms with Crippen LogP contribution in [0.5, 0.6) is 0 Å². The van der Waals surface area contributed by atoms with Crippen LogP contribution in [0.15, 0.2) is 24.4 Å². The minimum absolute atomic E-state index is 0.667. The van der Waals surface area contributed by atoms with E-state index in [1.807, 2.05) is 32.0 Å². The first-order chi connectivity index (χ1) is 8.20. The number of aromatic amines is 1. The normalized spacial score (nSPS) is 9.94. The van der Waals surface area contributed by atoms with Crippen molar-refractivity contribution in [3.05, 3.63) is 46.8 Å². The molecule has 17 heavy (non-hydrogen) atoms. The van der Waals surface area contributed by atoms with E-state index in [1.165, 1.54) is 0 Å². The second-order valence-electron chi connectivity index (χ2n) is 4.03. The average molecular weight is 226 g/mol. The maximum Gasteiger partial charge on any atom is 0.101 e. The Bertz CT molecular complexity index is 563. The van der Waals surface area contributed by atoms with Crippen molar-refractivity contribution >= 4 is 5.69 Å². The molecule has 0 aliphatic carbocycles. The van der Waals surface area contributed by atoms with Crippen LogP contribution in [0.2, 0.25) is 0 Å². The van der Waals surface area contributed by atoms with Crippen molar-refractivity contribution in [3.8, 4) is 6.07 Å². The fourth-order valence-electron chi connectivity index (χ4n) is 1.65. The van der Waals surface area contributed by atoms with Gasteiger partial charge >= 0.3 is 0 Å². The standard InChI is InChI=1S/C13H14N4/c1-9-3-4-13(11(5-9)6-14)15-7-12-8-16-17-10(12)2/h3-5,8,15H,7H2,1-2H3,(H,16,17). The van der Waals surface area contributed by atoms with Gasteiger partial charge in [0.2, 0.25) is 0 Å². The summed E-state index contributed by atoms with van der Waals surface area (Å²) in [5, 5.41) is 19.1. The first-order valence-electron chi connectivity index (χ1n) is 5.44. The molecular weight excluding hydrogens is 212 g/mol. The largest absolute Gasteiger partial charge is 0.380 e. The fourth-order valence-corrected chi connectivity index (χ4v) is 1.65. The lowest BCUT2D eigenvalue weighted by atomic mass is 10.1. The summed E-state index contributed by atoms with van der Waals surface area (Å²) in [7, 11) is 0. The number of nitrogens with zero attached hydrogens (tertiary/aromatic N) is 2. The molecular formula is C13H14N4. The SMILES string of the molecule is Cc1ccc(NCc2cn[nH]c2C)c(C#N)c1. The molecule has 0 spiro atoms. The summed E-state index contributed by atoms with van der Waals surface area (Å²) in [5.74, 6) is 0.